The van der Waals surface area contributed by atoms with E-state index in [9.17, 15) is 0 Å². The predicted octanol–water partition coefficient (Wildman–Crippen LogP) is 2.12. The minimum atomic E-state index is 0.755. The summed E-state index contributed by atoms with van der Waals surface area (Å²) in [6, 6.07) is 7.71. The maximum Gasteiger partial charge on any atom is 0.136 e. The Bertz CT molecular complexity index is 434. The van der Waals surface area contributed by atoms with Gasteiger partial charge < -0.3 is 15.5 Å². The maximum atomic E-state index is 5.82. The quantitative estimate of drug-likeness (QED) is 0.729. The van der Waals surface area contributed by atoms with Crippen LogP contribution in [0.5, 0.6) is 0 Å². The van der Waals surface area contributed by atoms with Crippen molar-refractivity contribution in [3.63, 3.8) is 0 Å². The molecule has 14 heavy (non-hydrogen) atoms. The van der Waals surface area contributed by atoms with Gasteiger partial charge in [-0.25, -0.2) is 0 Å². The molecule has 3 N–H and O–H groups in total. The van der Waals surface area contributed by atoms with Gasteiger partial charge in [-0.3, -0.25) is 0 Å². The van der Waals surface area contributed by atoms with E-state index in [1.54, 1.807) is 0 Å². The molecule has 0 aliphatic rings. The van der Waals surface area contributed by atoms with Crippen molar-refractivity contribution >= 4 is 16.7 Å². The molecule has 0 spiro atoms. The Balaban J connectivity index is 2.36. The average molecular weight is 190 g/mol. The summed E-state index contributed by atoms with van der Waals surface area (Å²) in [6.45, 7) is 3.76. The van der Waals surface area contributed by atoms with Crippen molar-refractivity contribution in [3.05, 3.63) is 30.0 Å². The third-order valence-electron chi connectivity index (χ3n) is 2.20. The smallest absolute Gasteiger partial charge is 0.136 e. The fourth-order valence-corrected chi connectivity index (χ4v) is 1.47. The first kappa shape index (κ1) is 9.09. The van der Waals surface area contributed by atoms with Gasteiger partial charge in [-0.15, -0.1) is 0 Å². The van der Waals surface area contributed by atoms with E-state index in [1.165, 1.54) is 0 Å². The van der Waals surface area contributed by atoms with E-state index in [-0.39, 0.29) is 0 Å². The van der Waals surface area contributed by atoms with Crippen molar-refractivity contribution in [2.45, 2.75) is 13.5 Å². The van der Waals surface area contributed by atoms with Crippen LogP contribution in [0.4, 0.5) is 5.69 Å². The molecule has 0 saturated carbocycles. The first-order valence-corrected chi connectivity index (χ1v) is 4.79. The summed E-state index contributed by atoms with van der Waals surface area (Å²) in [5, 5.41) is 4.21. The Morgan fingerprint density at radius 2 is 2.29 bits per heavy atom. The molecule has 1 heterocycles. The molecule has 0 amide bonds. The van der Waals surface area contributed by atoms with Crippen LogP contribution in [0, 0.1) is 0 Å². The van der Waals surface area contributed by atoms with Gasteiger partial charge in [0, 0.05) is 11.1 Å². The van der Waals surface area contributed by atoms with E-state index in [0.29, 0.717) is 0 Å². The highest BCUT2D eigenvalue weighted by molar-refractivity contribution is 5.89. The van der Waals surface area contributed by atoms with E-state index in [1.807, 2.05) is 24.3 Å². The first-order valence-electron chi connectivity index (χ1n) is 4.79. The maximum absolute atomic E-state index is 5.82. The van der Waals surface area contributed by atoms with Crippen LogP contribution in [0.2, 0.25) is 0 Å². The molecule has 3 nitrogen and oxygen atoms in total. The summed E-state index contributed by atoms with van der Waals surface area (Å²) in [6.07, 6.45) is 0. The number of furan rings is 1. The van der Waals surface area contributed by atoms with Gasteiger partial charge in [0.25, 0.3) is 0 Å². The lowest BCUT2D eigenvalue weighted by Gasteiger charge is -1.94. The minimum Gasteiger partial charge on any atom is -0.460 e. The highest BCUT2D eigenvalue weighted by atomic mass is 16.3. The monoisotopic (exact) mass is 190 g/mol. The Morgan fingerprint density at radius 1 is 1.43 bits per heavy atom. The molecule has 1 aromatic carbocycles. The number of hydrogen-bond acceptors (Lipinski definition) is 3. The van der Waals surface area contributed by atoms with Crippen LogP contribution in [0.25, 0.3) is 11.0 Å². The van der Waals surface area contributed by atoms with Crippen LogP contribution in [-0.2, 0) is 6.54 Å². The predicted molar refractivity (Wildman–Crippen MR) is 58.0 cm³/mol. The SMILES string of the molecule is CCNCc1cc2c(N)cccc2o1. The minimum absolute atomic E-state index is 0.755. The Hall–Kier alpha value is -1.48. The normalized spacial score (nSPS) is 10.9. The lowest BCUT2D eigenvalue weighted by Crippen LogP contribution is -2.10. The zero-order valence-corrected chi connectivity index (χ0v) is 8.21. The molecule has 0 fully saturated rings. The number of nitrogens with one attached hydrogen (secondary N) is 1. The summed E-state index contributed by atoms with van der Waals surface area (Å²) in [5.74, 6) is 0.930. The summed E-state index contributed by atoms with van der Waals surface area (Å²) in [4.78, 5) is 0. The largest absolute Gasteiger partial charge is 0.460 e. The Morgan fingerprint density at radius 3 is 3.00 bits per heavy atom. The number of anilines is 1. The summed E-state index contributed by atoms with van der Waals surface area (Å²) >= 11 is 0. The molecule has 1 aromatic heterocycles. The molecule has 0 saturated heterocycles. The first-order chi connectivity index (χ1) is 6.81. The molecule has 74 valence electrons. The second-order valence-corrected chi connectivity index (χ2v) is 3.25. The Labute approximate surface area is 82.9 Å². The van der Waals surface area contributed by atoms with Gasteiger partial charge in [0.2, 0.25) is 0 Å². The van der Waals surface area contributed by atoms with Crippen LogP contribution in [-0.4, -0.2) is 6.54 Å². The van der Waals surface area contributed by atoms with E-state index >= 15 is 0 Å². The number of benzene rings is 1. The molecule has 3 heteroatoms. The van der Waals surface area contributed by atoms with Crippen LogP contribution >= 0.6 is 0 Å². The number of nitrogen functional groups attached to an aromatic ring is 1. The van der Waals surface area contributed by atoms with Crippen molar-refractivity contribution in [2.24, 2.45) is 0 Å². The average Bonchev–Trinajstić information content (AvgIpc) is 2.59. The molecule has 2 aromatic rings. The number of rotatable bonds is 3. The molecule has 0 aliphatic carbocycles. The van der Waals surface area contributed by atoms with E-state index < -0.39 is 0 Å². The molecule has 2 rings (SSSR count). The lowest BCUT2D eigenvalue weighted by atomic mass is 10.2. The van der Waals surface area contributed by atoms with Crippen molar-refractivity contribution in [3.8, 4) is 0 Å². The van der Waals surface area contributed by atoms with E-state index in [0.717, 1.165) is 35.5 Å². The van der Waals surface area contributed by atoms with E-state index in [4.69, 9.17) is 10.2 Å². The van der Waals surface area contributed by atoms with Gasteiger partial charge in [0.05, 0.1) is 6.54 Å². The second kappa shape index (κ2) is 3.72. The van der Waals surface area contributed by atoms with Gasteiger partial charge in [-0.2, -0.15) is 0 Å². The molecular weight excluding hydrogens is 176 g/mol. The third-order valence-corrected chi connectivity index (χ3v) is 2.20. The lowest BCUT2D eigenvalue weighted by molar-refractivity contribution is 0.520. The standard InChI is InChI=1S/C11H14N2O/c1-2-13-7-8-6-9-10(12)4-3-5-11(9)14-8/h3-6,13H,2,7,12H2,1H3. The molecule has 0 unspecified atom stereocenters. The highest BCUT2D eigenvalue weighted by Gasteiger charge is 2.04. The zero-order chi connectivity index (χ0) is 9.97. The molecule has 0 bridgehead atoms. The molecule has 0 aliphatic heterocycles. The Kier molecular flexibility index (Phi) is 2.41. The summed E-state index contributed by atoms with van der Waals surface area (Å²) < 4.78 is 5.61. The number of nitrogens with two attached hydrogens (primary N) is 1. The van der Waals surface area contributed by atoms with Crippen molar-refractivity contribution in [1.29, 1.82) is 0 Å². The number of hydrogen-bond donors (Lipinski definition) is 2. The molecule has 0 atom stereocenters. The van der Waals surface area contributed by atoms with Gasteiger partial charge in [-0.1, -0.05) is 13.0 Å². The molecule has 0 radical (unpaired) electrons. The van der Waals surface area contributed by atoms with E-state index in [2.05, 4.69) is 12.2 Å². The van der Waals surface area contributed by atoms with Gasteiger partial charge >= 0.3 is 0 Å². The van der Waals surface area contributed by atoms with Gasteiger partial charge in [-0.05, 0) is 24.7 Å². The van der Waals surface area contributed by atoms with Crippen LogP contribution in [0.3, 0.4) is 0 Å². The third kappa shape index (κ3) is 1.59. The topological polar surface area (TPSA) is 51.2 Å². The summed E-state index contributed by atoms with van der Waals surface area (Å²) in [7, 11) is 0. The van der Waals surface area contributed by atoms with Crippen LogP contribution in [0.15, 0.2) is 28.7 Å². The zero-order valence-electron chi connectivity index (χ0n) is 8.21. The fraction of sp³-hybridized carbons (Fsp3) is 0.273. The number of fused-ring (bicyclic) bond motifs is 1. The fourth-order valence-electron chi connectivity index (χ4n) is 1.47. The van der Waals surface area contributed by atoms with Crippen LogP contribution < -0.4 is 11.1 Å². The van der Waals surface area contributed by atoms with Gasteiger partial charge in [0.1, 0.15) is 11.3 Å². The van der Waals surface area contributed by atoms with Crippen molar-refractivity contribution < 1.29 is 4.42 Å². The van der Waals surface area contributed by atoms with Crippen molar-refractivity contribution in [2.75, 3.05) is 12.3 Å². The van der Waals surface area contributed by atoms with Gasteiger partial charge in [0.15, 0.2) is 0 Å². The summed E-state index contributed by atoms with van der Waals surface area (Å²) in [5.41, 5.74) is 7.45. The van der Waals surface area contributed by atoms with Crippen LogP contribution in [0.1, 0.15) is 12.7 Å². The highest BCUT2D eigenvalue weighted by Crippen LogP contribution is 2.24. The molecular formula is C11H14N2O. The second-order valence-electron chi connectivity index (χ2n) is 3.25. The van der Waals surface area contributed by atoms with Crippen molar-refractivity contribution in [1.82, 2.24) is 5.32 Å².